The minimum atomic E-state index is -1.51. The number of hydrogen-bond donors (Lipinski definition) is 2. The number of phenolic OH excluding ortho intramolecular Hbond substituents is 1. The van der Waals surface area contributed by atoms with Crippen molar-refractivity contribution in [2.24, 2.45) is 0 Å². The number of carbonyl (C=O) groups excluding carboxylic acids is 1. The van der Waals surface area contributed by atoms with E-state index < -0.39 is 34.7 Å². The average Bonchev–Trinajstić information content (AvgIpc) is 3.04. The monoisotopic (exact) mass is 452 g/mol. The van der Waals surface area contributed by atoms with Gasteiger partial charge < -0.3 is 10.2 Å². The molecule has 1 heterocycles. The van der Waals surface area contributed by atoms with Gasteiger partial charge in [-0.3, -0.25) is 4.79 Å². The van der Waals surface area contributed by atoms with E-state index >= 15 is 0 Å². The first-order valence-corrected chi connectivity index (χ1v) is 9.26. The van der Waals surface area contributed by atoms with Crippen LogP contribution in [-0.2, 0) is 6.42 Å². The van der Waals surface area contributed by atoms with Crippen LogP contribution in [-0.4, -0.2) is 22.0 Å². The van der Waals surface area contributed by atoms with Gasteiger partial charge in [0.15, 0.2) is 17.3 Å². The summed E-state index contributed by atoms with van der Waals surface area (Å²) >= 11 is 4.47. The van der Waals surface area contributed by atoms with E-state index in [1.165, 1.54) is 16.7 Å². The van der Waals surface area contributed by atoms with Crippen molar-refractivity contribution in [2.45, 2.75) is 6.42 Å². The molecule has 27 heavy (non-hydrogen) atoms. The quantitative estimate of drug-likeness (QED) is 0.516. The van der Waals surface area contributed by atoms with Gasteiger partial charge in [0.05, 0.1) is 11.1 Å². The second-order valence-corrected chi connectivity index (χ2v) is 7.43. The molecule has 3 rings (SSSR count). The lowest BCUT2D eigenvalue weighted by Gasteiger charge is -2.06. The number of rotatable bonds is 5. The number of hydrogen-bond acceptors (Lipinski definition) is 4. The van der Waals surface area contributed by atoms with Crippen molar-refractivity contribution in [3.05, 3.63) is 74.6 Å². The zero-order chi connectivity index (χ0) is 19.7. The van der Waals surface area contributed by atoms with Crippen LogP contribution in [0.25, 0.3) is 10.4 Å². The second-order valence-electron chi connectivity index (χ2n) is 5.63. The molecule has 0 aliphatic heterocycles. The van der Waals surface area contributed by atoms with Crippen molar-refractivity contribution < 1.29 is 28.6 Å². The molecular weight excluding hydrogens is 442 g/mol. The van der Waals surface area contributed by atoms with Gasteiger partial charge in [0.1, 0.15) is 0 Å². The van der Waals surface area contributed by atoms with E-state index in [9.17, 15) is 28.6 Å². The Kier molecular flexibility index (Phi) is 5.38. The Morgan fingerprint density at radius 1 is 1.07 bits per heavy atom. The number of aromatic hydroxyl groups is 1. The maximum Gasteiger partial charge on any atom is 0.337 e. The highest BCUT2D eigenvalue weighted by atomic mass is 79.9. The second kappa shape index (κ2) is 7.58. The molecule has 0 aliphatic rings. The highest BCUT2D eigenvalue weighted by Gasteiger charge is 2.24. The fraction of sp³-hybridized carbons (Fsp3) is 0.0526. The Morgan fingerprint density at radius 3 is 2.37 bits per heavy atom. The number of thiophene rings is 1. The number of Topliss-reactive ketones (excluding diaryl/α,β-unsaturated/α-hetero) is 1. The molecule has 1 aromatic heterocycles. The van der Waals surface area contributed by atoms with E-state index in [-0.39, 0.29) is 17.5 Å². The maximum atomic E-state index is 13.5. The minimum absolute atomic E-state index is 0.0299. The van der Waals surface area contributed by atoms with Gasteiger partial charge in [-0.05, 0) is 40.8 Å². The van der Waals surface area contributed by atoms with E-state index in [0.717, 1.165) is 16.6 Å². The van der Waals surface area contributed by atoms with Crippen molar-refractivity contribution in [3.63, 3.8) is 0 Å². The summed E-state index contributed by atoms with van der Waals surface area (Å²) < 4.78 is 27.4. The fourth-order valence-corrected chi connectivity index (χ4v) is 3.94. The molecule has 8 heteroatoms. The summed E-state index contributed by atoms with van der Waals surface area (Å²) in [5, 5.41) is 20.8. The molecule has 0 saturated heterocycles. The molecule has 3 aromatic rings. The Bertz CT molecular complexity index is 1040. The number of carboxylic acid groups (broad SMARTS) is 1. The van der Waals surface area contributed by atoms with Crippen LogP contribution >= 0.6 is 27.3 Å². The summed E-state index contributed by atoms with van der Waals surface area (Å²) in [5.74, 6) is -5.79. The lowest BCUT2D eigenvalue weighted by Crippen LogP contribution is -2.09. The molecule has 0 radical (unpaired) electrons. The smallest absolute Gasteiger partial charge is 0.337 e. The van der Waals surface area contributed by atoms with Crippen LogP contribution in [0, 0.1) is 11.6 Å². The van der Waals surface area contributed by atoms with Gasteiger partial charge in [0.25, 0.3) is 0 Å². The third kappa shape index (κ3) is 3.77. The topological polar surface area (TPSA) is 74.6 Å². The number of carboxylic acids is 1. The molecule has 2 aromatic carbocycles. The minimum Gasteiger partial charge on any atom is -0.504 e. The van der Waals surface area contributed by atoms with Crippen LogP contribution in [0.3, 0.4) is 0 Å². The fourth-order valence-electron chi connectivity index (χ4n) is 2.61. The van der Waals surface area contributed by atoms with Crippen LogP contribution in [0.1, 0.15) is 26.3 Å². The van der Waals surface area contributed by atoms with Gasteiger partial charge in [-0.1, -0.05) is 28.1 Å². The standard InChI is InChI=1S/C19H11BrF2O4S/c20-11-3-1-9(2-4-11)18-15(19(25)26)10(8-27-18)7-14(23)12-5-6-13(21)16(22)17(12)24/h1-6,8,24H,7H2,(H,25,26). The molecule has 0 aliphatic carbocycles. The number of carbonyl (C=O) groups is 2. The normalized spacial score (nSPS) is 10.8. The molecule has 0 fully saturated rings. The van der Waals surface area contributed by atoms with Gasteiger partial charge in [-0.2, -0.15) is 4.39 Å². The summed E-state index contributed by atoms with van der Waals surface area (Å²) in [4.78, 5) is 24.7. The molecule has 0 atom stereocenters. The van der Waals surface area contributed by atoms with Crippen LogP contribution < -0.4 is 0 Å². The highest BCUT2D eigenvalue weighted by molar-refractivity contribution is 9.10. The molecule has 0 saturated carbocycles. The molecular formula is C19H11BrF2O4S. The lowest BCUT2D eigenvalue weighted by atomic mass is 9.98. The largest absolute Gasteiger partial charge is 0.504 e. The van der Waals surface area contributed by atoms with Crippen LogP contribution in [0.4, 0.5) is 8.78 Å². The van der Waals surface area contributed by atoms with Crippen molar-refractivity contribution in [1.82, 2.24) is 0 Å². The number of benzene rings is 2. The van der Waals surface area contributed by atoms with Gasteiger partial charge in [-0.15, -0.1) is 11.3 Å². The number of ketones is 1. The zero-order valence-corrected chi connectivity index (χ0v) is 15.9. The third-order valence-electron chi connectivity index (χ3n) is 3.91. The van der Waals surface area contributed by atoms with Crippen molar-refractivity contribution in [1.29, 1.82) is 0 Å². The van der Waals surface area contributed by atoms with Crippen LogP contribution in [0.2, 0.25) is 0 Å². The Labute approximate surface area is 164 Å². The highest BCUT2D eigenvalue weighted by Crippen LogP contribution is 2.35. The average molecular weight is 453 g/mol. The number of phenols is 1. The van der Waals surface area contributed by atoms with Gasteiger partial charge in [-0.25, -0.2) is 9.18 Å². The first-order chi connectivity index (χ1) is 12.8. The Hall–Kier alpha value is -2.58. The third-order valence-corrected chi connectivity index (χ3v) is 5.51. The van der Waals surface area contributed by atoms with Crippen LogP contribution in [0.15, 0.2) is 46.3 Å². The summed E-state index contributed by atoms with van der Waals surface area (Å²) in [5.41, 5.74) is 0.480. The Morgan fingerprint density at radius 2 is 1.74 bits per heavy atom. The number of halogens is 3. The van der Waals surface area contributed by atoms with Crippen molar-refractivity contribution >= 4 is 39.0 Å². The van der Waals surface area contributed by atoms with Crippen molar-refractivity contribution in [3.8, 4) is 16.2 Å². The van der Waals surface area contributed by atoms with E-state index in [1.807, 2.05) is 0 Å². The molecule has 0 amide bonds. The SMILES string of the molecule is O=C(Cc1csc(-c2ccc(Br)cc2)c1C(=O)O)c1ccc(F)c(F)c1O. The predicted octanol–water partition coefficient (Wildman–Crippen LogP) is 5.29. The molecule has 0 unspecified atom stereocenters. The maximum absolute atomic E-state index is 13.5. The summed E-state index contributed by atoms with van der Waals surface area (Å²) in [7, 11) is 0. The molecule has 0 spiro atoms. The Balaban J connectivity index is 1.98. The van der Waals surface area contributed by atoms with E-state index in [0.29, 0.717) is 10.4 Å². The first-order valence-electron chi connectivity index (χ1n) is 7.59. The van der Waals surface area contributed by atoms with E-state index in [4.69, 9.17) is 0 Å². The van der Waals surface area contributed by atoms with Crippen LogP contribution in [0.5, 0.6) is 5.75 Å². The van der Waals surface area contributed by atoms with Gasteiger partial charge >= 0.3 is 5.97 Å². The molecule has 4 nitrogen and oxygen atoms in total. The summed E-state index contributed by atoms with van der Waals surface area (Å²) in [6.07, 6.45) is -0.368. The molecule has 0 bridgehead atoms. The van der Waals surface area contributed by atoms with E-state index in [1.54, 1.807) is 24.3 Å². The predicted molar refractivity (Wildman–Crippen MR) is 100 cm³/mol. The summed E-state index contributed by atoms with van der Waals surface area (Å²) in [6, 6.07) is 8.74. The van der Waals surface area contributed by atoms with Gasteiger partial charge in [0.2, 0.25) is 5.82 Å². The molecule has 138 valence electrons. The molecule has 2 N–H and O–H groups in total. The van der Waals surface area contributed by atoms with Gasteiger partial charge in [0, 0.05) is 15.8 Å². The van der Waals surface area contributed by atoms with Crippen molar-refractivity contribution in [2.75, 3.05) is 0 Å². The summed E-state index contributed by atoms with van der Waals surface area (Å²) in [6.45, 7) is 0. The first kappa shape index (κ1) is 19.2. The zero-order valence-electron chi connectivity index (χ0n) is 13.5. The lowest BCUT2D eigenvalue weighted by molar-refractivity contribution is 0.0697. The number of aromatic carboxylic acids is 1. The van der Waals surface area contributed by atoms with E-state index in [2.05, 4.69) is 15.9 Å².